The maximum absolute atomic E-state index is 17.0. The quantitative estimate of drug-likeness (QED) is 0.199. The van der Waals surface area contributed by atoms with Crippen LogP contribution < -0.4 is 15.0 Å². The molecule has 4 saturated heterocycles. The van der Waals surface area contributed by atoms with Gasteiger partial charge < -0.3 is 14.7 Å². The van der Waals surface area contributed by atoms with E-state index in [9.17, 15) is 9.50 Å². The van der Waals surface area contributed by atoms with E-state index in [4.69, 9.17) is 9.72 Å². The smallest absolute Gasteiger partial charge is 0.319 e. The molecule has 2 N–H and O–H groups in total. The molecule has 2 aromatic heterocycles. The highest BCUT2D eigenvalue weighted by Crippen LogP contribution is 2.49. The number of pyridine rings is 1. The van der Waals surface area contributed by atoms with Gasteiger partial charge in [-0.1, -0.05) is 6.07 Å². The number of fused-ring (bicyclic) bond motifs is 7. The first-order chi connectivity index (χ1) is 22.6. The minimum Gasteiger partial charge on any atom is -0.508 e. The minimum absolute atomic E-state index is 0.00822. The summed E-state index contributed by atoms with van der Waals surface area (Å²) in [4.78, 5) is 17.9. The van der Waals surface area contributed by atoms with Crippen molar-refractivity contribution < 1.29 is 31.8 Å². The van der Waals surface area contributed by atoms with E-state index in [2.05, 4.69) is 20.2 Å². The second-order valence-corrected chi connectivity index (χ2v) is 13.9. The lowest BCUT2D eigenvalue weighted by Gasteiger charge is -2.47. The first-order valence-corrected chi connectivity index (χ1v) is 16.4. The third-order valence-electron chi connectivity index (χ3n) is 11.2. The third kappa shape index (κ3) is 4.34. The van der Waals surface area contributed by atoms with Crippen molar-refractivity contribution >= 4 is 27.5 Å². The molecule has 246 valence electrons. The minimum atomic E-state index is -2.01. The van der Waals surface area contributed by atoms with E-state index in [1.807, 2.05) is 0 Å². The fourth-order valence-corrected chi connectivity index (χ4v) is 9.01. The molecule has 0 unspecified atom stereocenters. The summed E-state index contributed by atoms with van der Waals surface area (Å²) in [6.07, 6.45) is 4.98. The molecule has 4 fully saturated rings. The Morgan fingerprint density at radius 2 is 1.74 bits per heavy atom. The van der Waals surface area contributed by atoms with Crippen LogP contribution in [0.15, 0.2) is 24.3 Å². The summed E-state index contributed by atoms with van der Waals surface area (Å²) in [6.45, 7) is 2.00. The first-order valence-electron chi connectivity index (χ1n) is 16.4. The number of anilines is 1. The van der Waals surface area contributed by atoms with Gasteiger partial charge in [0, 0.05) is 23.8 Å². The Morgan fingerprint density at radius 1 is 0.936 bits per heavy atom. The number of aromatic hydroxyl groups is 1. The molecular formula is C34H33F5N6O2. The van der Waals surface area contributed by atoms with Crippen LogP contribution in [0.3, 0.4) is 0 Å². The van der Waals surface area contributed by atoms with E-state index in [1.165, 1.54) is 12.1 Å². The molecule has 2 aromatic carbocycles. The number of alkyl halides is 2. The predicted octanol–water partition coefficient (Wildman–Crippen LogP) is 6.22. The summed E-state index contributed by atoms with van der Waals surface area (Å²) in [7, 11) is 0. The lowest BCUT2D eigenvalue weighted by molar-refractivity contribution is 0.00892. The standard InChI is InChI=1S/C34H33F5N6O2/c35-21-7-6-18-14-19(46)15-20(24(18)26(21)36)28-27(37)29-25-22(40-28)4-1-5-23-34(39)11-10-33(38,43-34)16-45(23)30(25)42-31(41-29)47-17-32-8-2-12-44(32)13-3-9-32/h6-7,14-15,23,43,46H,1-5,8-13,16-17H2/t23-,33-,34+/m1/s1. The van der Waals surface area contributed by atoms with Crippen LogP contribution >= 0.6 is 0 Å². The zero-order valence-corrected chi connectivity index (χ0v) is 25.6. The molecule has 0 aliphatic carbocycles. The molecule has 0 spiro atoms. The maximum atomic E-state index is 17.0. The van der Waals surface area contributed by atoms with Crippen molar-refractivity contribution in [3.05, 3.63) is 47.4 Å². The van der Waals surface area contributed by atoms with E-state index in [-0.39, 0.29) is 88.5 Å². The van der Waals surface area contributed by atoms with Crippen LogP contribution in [-0.4, -0.2) is 74.4 Å². The highest BCUT2D eigenvalue weighted by Gasteiger charge is 2.60. The number of aromatic nitrogens is 3. The number of phenolic OH excluding ortho intramolecular Hbond substituents is 1. The fourth-order valence-electron chi connectivity index (χ4n) is 9.01. The number of benzene rings is 2. The summed E-state index contributed by atoms with van der Waals surface area (Å²) in [5.74, 6) is -7.46. The lowest BCUT2D eigenvalue weighted by Crippen LogP contribution is -2.68. The molecule has 47 heavy (non-hydrogen) atoms. The van der Waals surface area contributed by atoms with Crippen molar-refractivity contribution in [1.82, 2.24) is 25.2 Å². The Labute approximate surface area is 266 Å². The molecule has 13 heteroatoms. The number of rotatable bonds is 4. The van der Waals surface area contributed by atoms with E-state index in [1.54, 1.807) is 4.90 Å². The Bertz CT molecular complexity index is 1970. The molecule has 9 rings (SSSR count). The molecule has 5 aliphatic heterocycles. The molecule has 0 radical (unpaired) electrons. The second kappa shape index (κ2) is 10.1. The number of nitrogens with one attached hydrogen (secondary N) is 1. The van der Waals surface area contributed by atoms with Crippen LogP contribution in [0.2, 0.25) is 0 Å². The van der Waals surface area contributed by atoms with E-state index < -0.39 is 35.1 Å². The van der Waals surface area contributed by atoms with Crippen molar-refractivity contribution in [3.8, 4) is 23.0 Å². The average Bonchev–Trinajstić information content (AvgIpc) is 3.69. The van der Waals surface area contributed by atoms with E-state index in [0.29, 0.717) is 18.5 Å². The van der Waals surface area contributed by atoms with Crippen molar-refractivity contribution in [1.29, 1.82) is 0 Å². The molecule has 3 atom stereocenters. The molecule has 0 saturated carbocycles. The monoisotopic (exact) mass is 652 g/mol. The zero-order valence-electron chi connectivity index (χ0n) is 25.6. The van der Waals surface area contributed by atoms with Gasteiger partial charge in [0.25, 0.3) is 0 Å². The highest BCUT2D eigenvalue weighted by atomic mass is 19.2. The SMILES string of the molecule is Oc1cc(-c2nc3c4c(nc(OCC56CCCN5CCC6)nc4c2F)N2C[C@@]4(F)CC[C@](F)(N4)[C@H]2CCC3)c2c(F)c(F)ccc2c1. The number of aryl methyl sites for hydroxylation is 1. The highest BCUT2D eigenvalue weighted by molar-refractivity contribution is 6.01. The molecule has 4 aromatic rings. The van der Waals surface area contributed by atoms with Crippen molar-refractivity contribution in [2.24, 2.45) is 0 Å². The summed E-state index contributed by atoms with van der Waals surface area (Å²) in [5.41, 5.74) is -0.494. The van der Waals surface area contributed by atoms with Gasteiger partial charge in [0.05, 0.1) is 29.2 Å². The van der Waals surface area contributed by atoms with Crippen molar-refractivity contribution in [3.63, 3.8) is 0 Å². The number of halogens is 5. The van der Waals surface area contributed by atoms with Crippen LogP contribution in [0.25, 0.3) is 32.9 Å². The van der Waals surface area contributed by atoms with Gasteiger partial charge in [-0.3, -0.25) is 4.90 Å². The molecule has 0 amide bonds. The Morgan fingerprint density at radius 3 is 2.55 bits per heavy atom. The number of ether oxygens (including phenoxy) is 1. The van der Waals surface area contributed by atoms with Crippen LogP contribution in [0.4, 0.5) is 27.8 Å². The Hall–Kier alpha value is -3.84. The number of hydrogen-bond donors (Lipinski definition) is 2. The average molecular weight is 653 g/mol. The van der Waals surface area contributed by atoms with E-state index in [0.717, 1.165) is 50.9 Å². The molecular weight excluding hydrogens is 619 g/mol. The topological polar surface area (TPSA) is 86.6 Å². The van der Waals surface area contributed by atoms with Gasteiger partial charge in [0.1, 0.15) is 29.4 Å². The van der Waals surface area contributed by atoms with Gasteiger partial charge in [-0.05, 0) is 81.6 Å². The van der Waals surface area contributed by atoms with E-state index >= 15 is 17.6 Å². The summed E-state index contributed by atoms with van der Waals surface area (Å²) < 4.78 is 85.3. The van der Waals surface area contributed by atoms with Crippen LogP contribution in [0.1, 0.15) is 57.1 Å². The van der Waals surface area contributed by atoms with Gasteiger partial charge in [0.15, 0.2) is 29.0 Å². The Kier molecular flexibility index (Phi) is 6.29. The summed E-state index contributed by atoms with van der Waals surface area (Å²) in [5, 5.41) is 13.2. The molecule has 7 heterocycles. The number of nitrogens with zero attached hydrogens (tertiary/aromatic N) is 5. The number of phenols is 1. The molecule has 2 bridgehead atoms. The number of piperazine rings is 1. The predicted molar refractivity (Wildman–Crippen MR) is 164 cm³/mol. The van der Waals surface area contributed by atoms with Gasteiger partial charge in [-0.25, -0.2) is 32.3 Å². The fraction of sp³-hybridized carbons (Fsp3) is 0.500. The zero-order chi connectivity index (χ0) is 32.3. The maximum Gasteiger partial charge on any atom is 0.319 e. The number of hydrogen-bond acceptors (Lipinski definition) is 8. The van der Waals surface area contributed by atoms with Crippen molar-refractivity contribution in [2.75, 3.05) is 31.1 Å². The second-order valence-electron chi connectivity index (χ2n) is 13.9. The van der Waals surface area contributed by atoms with Gasteiger partial charge in [-0.2, -0.15) is 9.97 Å². The summed E-state index contributed by atoms with van der Waals surface area (Å²) >= 11 is 0. The lowest BCUT2D eigenvalue weighted by atomic mass is 9.92. The van der Waals surface area contributed by atoms with Crippen LogP contribution in [-0.2, 0) is 6.42 Å². The largest absolute Gasteiger partial charge is 0.508 e. The summed E-state index contributed by atoms with van der Waals surface area (Å²) in [6, 6.07) is 3.74. The van der Waals surface area contributed by atoms with Crippen LogP contribution in [0, 0.1) is 17.5 Å². The molecule has 8 nitrogen and oxygen atoms in total. The van der Waals surface area contributed by atoms with Crippen molar-refractivity contribution in [2.45, 2.75) is 81.0 Å². The van der Waals surface area contributed by atoms with Gasteiger partial charge >= 0.3 is 6.01 Å². The van der Waals surface area contributed by atoms with Crippen LogP contribution in [0.5, 0.6) is 11.8 Å². The normalized spacial score (nSPS) is 28.0. The first kappa shape index (κ1) is 29.3. The third-order valence-corrected chi connectivity index (χ3v) is 11.2. The Balaban J connectivity index is 1.27. The molecule has 5 aliphatic rings. The van der Waals surface area contributed by atoms with Gasteiger partial charge in [0.2, 0.25) is 0 Å². The van der Waals surface area contributed by atoms with Gasteiger partial charge in [-0.15, -0.1) is 0 Å².